The molecule has 0 amide bonds. The molecule has 0 radical (unpaired) electrons. The standard InChI is InChI=1S/C52H40N2S2/c1-3-13-43(14-4-1)53(47-31-23-39(24-32-47)51-35-41-11-7-9-17-49(41)55-51)45-27-19-37(20-28-45)38-21-29-46(30-22-38)54(44-15-5-2-6-16-44)48-33-25-40(26-34-48)52-36-42-12-8-10-18-50(42)56-52/h1,3-5,7,9-11,13-36H,2,6,8,12H2. The van der Waals surface area contributed by atoms with E-state index in [9.17, 15) is 0 Å². The van der Waals surface area contributed by atoms with Crippen molar-refractivity contribution in [3.8, 4) is 32.0 Å². The van der Waals surface area contributed by atoms with Gasteiger partial charge in [0, 0.05) is 53.5 Å². The Morgan fingerprint density at radius 2 is 0.946 bits per heavy atom. The first-order chi connectivity index (χ1) is 27.7. The highest BCUT2D eigenvalue weighted by molar-refractivity contribution is 7.22. The summed E-state index contributed by atoms with van der Waals surface area (Å²) in [5.74, 6) is 0. The van der Waals surface area contributed by atoms with Gasteiger partial charge in [0.15, 0.2) is 0 Å². The average Bonchev–Trinajstić information content (AvgIpc) is 3.91. The van der Waals surface area contributed by atoms with E-state index in [-0.39, 0.29) is 0 Å². The molecule has 0 N–H and O–H groups in total. The third-order valence-electron chi connectivity index (χ3n) is 10.8. The van der Waals surface area contributed by atoms with Gasteiger partial charge < -0.3 is 9.80 Å². The van der Waals surface area contributed by atoms with E-state index >= 15 is 0 Å². The van der Waals surface area contributed by atoms with Crippen LogP contribution in [0.3, 0.4) is 0 Å². The van der Waals surface area contributed by atoms with Crippen LogP contribution in [-0.4, -0.2) is 0 Å². The van der Waals surface area contributed by atoms with Crippen molar-refractivity contribution >= 4 is 67.3 Å². The number of para-hydroxylation sites is 1. The summed E-state index contributed by atoms with van der Waals surface area (Å²) in [4.78, 5) is 8.77. The fourth-order valence-corrected chi connectivity index (χ4v) is 10.1. The molecule has 6 aromatic carbocycles. The number of rotatable bonds is 9. The number of hydrogen-bond acceptors (Lipinski definition) is 4. The Hall–Kier alpha value is -6.20. The molecule has 2 aliphatic carbocycles. The van der Waals surface area contributed by atoms with Gasteiger partial charge in [-0.3, -0.25) is 0 Å². The lowest BCUT2D eigenvalue weighted by Crippen LogP contribution is -2.16. The molecule has 2 aliphatic rings. The maximum atomic E-state index is 2.39. The molecule has 0 saturated heterocycles. The molecule has 2 aromatic heterocycles. The second-order valence-corrected chi connectivity index (χ2v) is 16.6. The van der Waals surface area contributed by atoms with Gasteiger partial charge in [0.05, 0.1) is 0 Å². The number of thiophene rings is 2. The van der Waals surface area contributed by atoms with E-state index in [0.717, 1.165) is 48.4 Å². The molecule has 8 aromatic rings. The lowest BCUT2D eigenvalue weighted by Gasteiger charge is -2.28. The molecule has 270 valence electrons. The van der Waals surface area contributed by atoms with Crippen LogP contribution in [0.25, 0.3) is 48.2 Å². The molecular weight excluding hydrogens is 717 g/mol. The molecule has 0 bridgehead atoms. The summed E-state index contributed by atoms with van der Waals surface area (Å²) < 4.78 is 1.32. The van der Waals surface area contributed by atoms with Crippen LogP contribution in [0, 0.1) is 0 Å². The fraction of sp³-hybridized carbons (Fsp3) is 0.0769. The van der Waals surface area contributed by atoms with Gasteiger partial charge in [0.2, 0.25) is 0 Å². The Morgan fingerprint density at radius 1 is 0.411 bits per heavy atom. The summed E-state index contributed by atoms with van der Waals surface area (Å²) in [5.41, 5.74) is 13.3. The minimum Gasteiger partial charge on any atom is -0.311 e. The van der Waals surface area contributed by atoms with E-state index in [2.05, 4.69) is 204 Å². The molecule has 2 nitrogen and oxygen atoms in total. The van der Waals surface area contributed by atoms with Gasteiger partial charge in [-0.1, -0.05) is 103 Å². The normalized spacial score (nSPS) is 13.4. The quantitative estimate of drug-likeness (QED) is 0.145. The van der Waals surface area contributed by atoms with Gasteiger partial charge in [0.25, 0.3) is 0 Å². The number of nitrogens with zero attached hydrogens (tertiary/aromatic N) is 2. The molecule has 2 heterocycles. The molecule has 0 aliphatic heterocycles. The van der Waals surface area contributed by atoms with Crippen molar-refractivity contribution in [3.05, 3.63) is 204 Å². The zero-order chi connectivity index (χ0) is 37.3. The van der Waals surface area contributed by atoms with E-state index in [1.54, 1.807) is 0 Å². The van der Waals surface area contributed by atoms with Crippen molar-refractivity contribution in [2.75, 3.05) is 9.80 Å². The largest absolute Gasteiger partial charge is 0.311 e. The van der Waals surface area contributed by atoms with Gasteiger partial charge in [-0.05, 0) is 150 Å². The molecule has 4 heteroatoms. The van der Waals surface area contributed by atoms with Crippen LogP contribution >= 0.6 is 22.7 Å². The van der Waals surface area contributed by atoms with Crippen molar-refractivity contribution < 1.29 is 0 Å². The van der Waals surface area contributed by atoms with Crippen LogP contribution in [0.2, 0.25) is 0 Å². The van der Waals surface area contributed by atoms with Crippen LogP contribution in [0.1, 0.15) is 29.7 Å². The minimum absolute atomic E-state index is 1.05. The van der Waals surface area contributed by atoms with Crippen LogP contribution in [0.4, 0.5) is 28.4 Å². The number of hydrogen-bond donors (Lipinski definition) is 0. The fourth-order valence-electron chi connectivity index (χ4n) is 7.87. The van der Waals surface area contributed by atoms with Gasteiger partial charge >= 0.3 is 0 Å². The predicted octanol–water partition coefficient (Wildman–Crippen LogP) is 15.8. The highest BCUT2D eigenvalue weighted by atomic mass is 32.1. The minimum atomic E-state index is 1.05. The van der Waals surface area contributed by atoms with Crippen LogP contribution in [0.15, 0.2) is 194 Å². The zero-order valence-corrected chi connectivity index (χ0v) is 32.6. The lowest BCUT2D eigenvalue weighted by molar-refractivity contribution is 0.996. The van der Waals surface area contributed by atoms with Crippen LogP contribution < -0.4 is 9.80 Å². The first kappa shape index (κ1) is 34.3. The molecule has 10 rings (SSSR count). The topological polar surface area (TPSA) is 6.48 Å². The second kappa shape index (κ2) is 15.1. The van der Waals surface area contributed by atoms with Gasteiger partial charge in [-0.25, -0.2) is 0 Å². The third kappa shape index (κ3) is 6.83. The van der Waals surface area contributed by atoms with Crippen LogP contribution in [-0.2, 0) is 6.42 Å². The maximum absolute atomic E-state index is 2.39. The van der Waals surface area contributed by atoms with Gasteiger partial charge in [-0.15, -0.1) is 22.7 Å². The highest BCUT2D eigenvalue weighted by Crippen LogP contribution is 2.41. The summed E-state index contributed by atoms with van der Waals surface area (Å²) in [6.45, 7) is 0. The summed E-state index contributed by atoms with van der Waals surface area (Å²) in [7, 11) is 0. The first-order valence-corrected chi connectivity index (χ1v) is 21.1. The lowest BCUT2D eigenvalue weighted by atomic mass is 10.0. The van der Waals surface area contributed by atoms with Crippen molar-refractivity contribution in [2.24, 2.45) is 0 Å². The SMILES string of the molecule is C1=CC(N(c2ccc(-c3ccc(N(c4ccccc4)c4ccc(-c5cc6ccccc6s5)cc4)cc3)cc2)c2ccc(-c3cc4c(s3)C=CCC4)cc2)=CCC1. The molecule has 0 unspecified atom stereocenters. The molecule has 56 heavy (non-hydrogen) atoms. The molecule has 0 atom stereocenters. The van der Waals surface area contributed by atoms with Crippen molar-refractivity contribution in [1.82, 2.24) is 0 Å². The third-order valence-corrected chi connectivity index (χ3v) is 13.1. The van der Waals surface area contributed by atoms with Crippen molar-refractivity contribution in [2.45, 2.75) is 25.7 Å². The Labute approximate surface area is 337 Å². The maximum Gasteiger partial charge on any atom is 0.0462 e. The first-order valence-electron chi connectivity index (χ1n) is 19.4. The Kier molecular flexibility index (Phi) is 9.28. The smallest absolute Gasteiger partial charge is 0.0462 e. The average molecular weight is 757 g/mol. The highest BCUT2D eigenvalue weighted by Gasteiger charge is 2.18. The van der Waals surface area contributed by atoms with E-state index in [1.165, 1.54) is 63.9 Å². The molecule has 0 fully saturated rings. The van der Waals surface area contributed by atoms with Gasteiger partial charge in [-0.2, -0.15) is 0 Å². The van der Waals surface area contributed by atoms with Crippen molar-refractivity contribution in [1.29, 1.82) is 0 Å². The van der Waals surface area contributed by atoms with E-state index in [1.807, 2.05) is 22.7 Å². The van der Waals surface area contributed by atoms with Gasteiger partial charge in [0.1, 0.15) is 0 Å². The number of benzene rings is 6. The molecule has 0 spiro atoms. The summed E-state index contributed by atoms with van der Waals surface area (Å²) >= 11 is 3.75. The summed E-state index contributed by atoms with van der Waals surface area (Å²) in [6.07, 6.45) is 15.9. The molecule has 0 saturated carbocycles. The summed E-state index contributed by atoms with van der Waals surface area (Å²) in [6, 6.07) is 60.0. The predicted molar refractivity (Wildman–Crippen MR) is 243 cm³/mol. The number of aryl methyl sites for hydroxylation is 1. The Morgan fingerprint density at radius 3 is 1.54 bits per heavy atom. The number of anilines is 5. The molecular formula is C52H40N2S2. The zero-order valence-electron chi connectivity index (χ0n) is 31.0. The Balaban J connectivity index is 0.917. The monoisotopic (exact) mass is 756 g/mol. The van der Waals surface area contributed by atoms with E-state index in [0.29, 0.717) is 0 Å². The van der Waals surface area contributed by atoms with E-state index < -0.39 is 0 Å². The number of allylic oxidation sites excluding steroid dienone is 4. The van der Waals surface area contributed by atoms with Crippen LogP contribution in [0.5, 0.6) is 0 Å². The van der Waals surface area contributed by atoms with E-state index in [4.69, 9.17) is 0 Å². The van der Waals surface area contributed by atoms with Crippen molar-refractivity contribution in [3.63, 3.8) is 0 Å². The summed E-state index contributed by atoms with van der Waals surface area (Å²) in [5, 5.41) is 1.30. The number of fused-ring (bicyclic) bond motifs is 2. The Bertz CT molecular complexity index is 2680. The second-order valence-electron chi connectivity index (χ2n) is 14.4.